The molecule has 2 rings (SSSR count). The topological polar surface area (TPSA) is 55.1 Å². The number of hydrogen-bond acceptors (Lipinski definition) is 2. The van der Waals surface area contributed by atoms with Gasteiger partial charge >= 0.3 is 0 Å². The van der Waals surface area contributed by atoms with Crippen molar-refractivity contribution >= 4 is 11.6 Å². The molecule has 0 spiro atoms. The molecule has 0 aliphatic rings. The first kappa shape index (κ1) is 14.1. The van der Waals surface area contributed by atoms with Gasteiger partial charge in [-0.15, -0.1) is 0 Å². The van der Waals surface area contributed by atoms with E-state index in [0.717, 1.165) is 5.56 Å². The zero-order valence-electron chi connectivity index (χ0n) is 11.5. The fourth-order valence-electron chi connectivity index (χ4n) is 2.00. The summed E-state index contributed by atoms with van der Waals surface area (Å²) in [5, 5.41) is 2.82. The summed E-state index contributed by atoms with van der Waals surface area (Å²) in [4.78, 5) is 12.2. The summed E-state index contributed by atoms with van der Waals surface area (Å²) in [6, 6.07) is 11.2. The Morgan fingerprint density at radius 1 is 1.25 bits per heavy atom. The monoisotopic (exact) mass is 272 g/mol. The van der Waals surface area contributed by atoms with E-state index in [2.05, 4.69) is 5.32 Å². The summed E-state index contributed by atoms with van der Waals surface area (Å²) >= 11 is 0. The molecule has 0 fully saturated rings. The van der Waals surface area contributed by atoms with Gasteiger partial charge in [0.25, 0.3) is 5.91 Å². The van der Waals surface area contributed by atoms with Crippen molar-refractivity contribution in [3.63, 3.8) is 0 Å². The van der Waals surface area contributed by atoms with E-state index < -0.39 is 0 Å². The first-order valence-corrected chi connectivity index (χ1v) is 6.40. The molecule has 20 heavy (non-hydrogen) atoms. The van der Waals surface area contributed by atoms with E-state index in [1.54, 1.807) is 31.2 Å². The number of hydrogen-bond donors (Lipinski definition) is 2. The lowest BCUT2D eigenvalue weighted by Crippen LogP contribution is -2.27. The van der Waals surface area contributed by atoms with Gasteiger partial charge in [0.05, 0.1) is 11.6 Å². The number of nitrogens with one attached hydrogen (secondary N) is 1. The Morgan fingerprint density at radius 2 is 2.00 bits per heavy atom. The average molecular weight is 272 g/mol. The van der Waals surface area contributed by atoms with Crippen molar-refractivity contribution in [2.75, 3.05) is 5.73 Å². The zero-order valence-corrected chi connectivity index (χ0v) is 11.5. The van der Waals surface area contributed by atoms with Crippen molar-refractivity contribution in [1.82, 2.24) is 5.32 Å². The minimum Gasteiger partial charge on any atom is -0.398 e. The van der Waals surface area contributed by atoms with Crippen LogP contribution in [-0.4, -0.2) is 5.91 Å². The number of carbonyl (C=O) groups excluding carboxylic acids is 1. The second-order valence-electron chi connectivity index (χ2n) is 4.84. The van der Waals surface area contributed by atoms with Crippen molar-refractivity contribution in [2.45, 2.75) is 19.9 Å². The van der Waals surface area contributed by atoms with E-state index in [0.29, 0.717) is 16.8 Å². The first-order chi connectivity index (χ1) is 9.47. The lowest BCUT2D eigenvalue weighted by Gasteiger charge is -2.15. The first-order valence-electron chi connectivity index (χ1n) is 6.40. The van der Waals surface area contributed by atoms with E-state index in [9.17, 15) is 9.18 Å². The predicted octanol–water partition coefficient (Wildman–Crippen LogP) is 3.21. The van der Waals surface area contributed by atoms with Crippen LogP contribution in [0.3, 0.4) is 0 Å². The maximum atomic E-state index is 13.2. The van der Waals surface area contributed by atoms with Crippen LogP contribution in [0.1, 0.15) is 34.5 Å². The van der Waals surface area contributed by atoms with Crippen LogP contribution in [0.25, 0.3) is 0 Å². The molecule has 104 valence electrons. The molecule has 0 aliphatic heterocycles. The molecule has 0 saturated carbocycles. The van der Waals surface area contributed by atoms with Crippen molar-refractivity contribution in [3.8, 4) is 0 Å². The highest BCUT2D eigenvalue weighted by Gasteiger charge is 2.14. The van der Waals surface area contributed by atoms with Crippen LogP contribution in [0.4, 0.5) is 10.1 Å². The number of carbonyl (C=O) groups is 1. The molecule has 4 heteroatoms. The molecule has 1 atom stereocenters. The molecule has 3 N–H and O–H groups in total. The van der Waals surface area contributed by atoms with E-state index >= 15 is 0 Å². The Kier molecular flexibility index (Phi) is 4.03. The number of amides is 1. The maximum Gasteiger partial charge on any atom is 0.253 e. The van der Waals surface area contributed by atoms with Crippen molar-refractivity contribution in [2.24, 2.45) is 0 Å². The summed E-state index contributed by atoms with van der Waals surface area (Å²) in [7, 11) is 0. The smallest absolute Gasteiger partial charge is 0.253 e. The third-order valence-electron chi connectivity index (χ3n) is 3.15. The number of halogens is 1. The molecule has 2 aromatic rings. The summed E-state index contributed by atoms with van der Waals surface area (Å²) in [5.41, 5.74) is 8.35. The zero-order chi connectivity index (χ0) is 14.7. The van der Waals surface area contributed by atoms with Crippen LogP contribution < -0.4 is 11.1 Å². The third-order valence-corrected chi connectivity index (χ3v) is 3.15. The van der Waals surface area contributed by atoms with Gasteiger partial charge in [-0.2, -0.15) is 0 Å². The minimum atomic E-state index is -0.321. The molecule has 3 nitrogen and oxygen atoms in total. The van der Waals surface area contributed by atoms with Gasteiger partial charge in [0, 0.05) is 5.69 Å². The molecule has 0 radical (unpaired) electrons. The fourth-order valence-corrected chi connectivity index (χ4v) is 2.00. The van der Waals surface area contributed by atoms with Crippen LogP contribution in [0.2, 0.25) is 0 Å². The minimum absolute atomic E-state index is 0.261. The summed E-state index contributed by atoms with van der Waals surface area (Å²) < 4.78 is 13.2. The normalized spacial score (nSPS) is 11.9. The number of nitrogens with two attached hydrogens (primary N) is 1. The molecular weight excluding hydrogens is 255 g/mol. The van der Waals surface area contributed by atoms with Gasteiger partial charge in [-0.25, -0.2) is 4.39 Å². The lowest BCUT2D eigenvalue weighted by atomic mass is 10.1. The third kappa shape index (κ3) is 3.15. The fraction of sp³-hybridized carbons (Fsp3) is 0.188. The summed E-state index contributed by atoms with van der Waals surface area (Å²) in [5.74, 6) is -0.582. The van der Waals surface area contributed by atoms with E-state index in [1.165, 1.54) is 12.1 Å². The van der Waals surface area contributed by atoms with Crippen LogP contribution >= 0.6 is 0 Å². The molecule has 0 aliphatic carbocycles. The van der Waals surface area contributed by atoms with Gasteiger partial charge in [-0.05, 0) is 43.7 Å². The Morgan fingerprint density at radius 3 is 2.70 bits per heavy atom. The Balaban J connectivity index is 2.17. The van der Waals surface area contributed by atoms with E-state index in [-0.39, 0.29) is 17.8 Å². The Labute approximate surface area is 117 Å². The number of aryl methyl sites for hydroxylation is 1. The van der Waals surface area contributed by atoms with Crippen molar-refractivity contribution in [3.05, 3.63) is 65.0 Å². The molecule has 0 heterocycles. The van der Waals surface area contributed by atoms with Gasteiger partial charge in [-0.1, -0.05) is 23.8 Å². The highest BCUT2D eigenvalue weighted by molar-refractivity contribution is 5.99. The standard InChI is InChI=1S/C16H17FN2O/c1-10-6-7-15(18)14(8-10)16(20)19-11(2)12-4-3-5-13(17)9-12/h3-9,11H,18H2,1-2H3,(H,19,20)/t11-/m0/s1. The number of anilines is 1. The SMILES string of the molecule is Cc1ccc(N)c(C(=O)N[C@@H](C)c2cccc(F)c2)c1. The molecule has 0 saturated heterocycles. The predicted molar refractivity (Wildman–Crippen MR) is 77.9 cm³/mol. The summed E-state index contributed by atoms with van der Waals surface area (Å²) in [6.07, 6.45) is 0. The molecular formula is C16H17FN2O. The van der Waals surface area contributed by atoms with Gasteiger partial charge in [0.2, 0.25) is 0 Å². The Bertz CT molecular complexity index is 640. The number of benzene rings is 2. The molecule has 0 bridgehead atoms. The molecule has 0 unspecified atom stereocenters. The average Bonchev–Trinajstić information content (AvgIpc) is 2.41. The quantitative estimate of drug-likeness (QED) is 0.843. The van der Waals surface area contributed by atoms with Crippen LogP contribution in [0.15, 0.2) is 42.5 Å². The second-order valence-corrected chi connectivity index (χ2v) is 4.84. The van der Waals surface area contributed by atoms with Crippen molar-refractivity contribution in [1.29, 1.82) is 0 Å². The van der Waals surface area contributed by atoms with Crippen LogP contribution in [0.5, 0.6) is 0 Å². The molecule has 0 aromatic heterocycles. The van der Waals surface area contributed by atoms with Gasteiger partial charge in [0.15, 0.2) is 0 Å². The number of rotatable bonds is 3. The summed E-state index contributed by atoms with van der Waals surface area (Å²) in [6.45, 7) is 3.70. The van der Waals surface area contributed by atoms with Crippen LogP contribution in [0, 0.1) is 12.7 Å². The largest absolute Gasteiger partial charge is 0.398 e. The van der Waals surface area contributed by atoms with Crippen molar-refractivity contribution < 1.29 is 9.18 Å². The van der Waals surface area contributed by atoms with Gasteiger partial charge in [-0.3, -0.25) is 4.79 Å². The highest BCUT2D eigenvalue weighted by atomic mass is 19.1. The van der Waals surface area contributed by atoms with Gasteiger partial charge < -0.3 is 11.1 Å². The molecule has 2 aromatic carbocycles. The molecule has 1 amide bonds. The highest BCUT2D eigenvalue weighted by Crippen LogP contribution is 2.17. The lowest BCUT2D eigenvalue weighted by molar-refractivity contribution is 0.0940. The maximum absolute atomic E-state index is 13.2. The van der Waals surface area contributed by atoms with Gasteiger partial charge in [0.1, 0.15) is 5.82 Å². The van der Waals surface area contributed by atoms with E-state index in [1.807, 2.05) is 13.0 Å². The second kappa shape index (κ2) is 5.74. The Hall–Kier alpha value is -2.36. The van der Waals surface area contributed by atoms with Crippen LogP contribution in [-0.2, 0) is 0 Å². The number of nitrogen functional groups attached to an aromatic ring is 1. The van der Waals surface area contributed by atoms with E-state index in [4.69, 9.17) is 5.73 Å².